The standard InChI is InChI=1S/C16H12N2O2/c19-14(11-12-7-3-1-4-8-12)15-17-16(20-18-15)13-9-5-2-6-10-13/h1-10H,11H2. The molecule has 0 bridgehead atoms. The van der Waals surface area contributed by atoms with E-state index in [1.165, 1.54) is 0 Å². The summed E-state index contributed by atoms with van der Waals surface area (Å²) < 4.78 is 5.13. The van der Waals surface area contributed by atoms with Crippen LogP contribution in [0.5, 0.6) is 0 Å². The fourth-order valence-corrected chi connectivity index (χ4v) is 1.90. The molecule has 0 amide bonds. The largest absolute Gasteiger partial charge is 0.334 e. The van der Waals surface area contributed by atoms with Gasteiger partial charge in [0.05, 0.1) is 0 Å². The predicted molar refractivity (Wildman–Crippen MR) is 74.2 cm³/mol. The molecule has 1 heterocycles. The molecule has 0 atom stereocenters. The molecular weight excluding hydrogens is 252 g/mol. The molecule has 0 radical (unpaired) electrons. The summed E-state index contributed by atoms with van der Waals surface area (Å²) in [6.07, 6.45) is 0.272. The number of carbonyl (C=O) groups is 1. The molecule has 1 aromatic heterocycles. The Morgan fingerprint density at radius 3 is 2.30 bits per heavy atom. The van der Waals surface area contributed by atoms with Gasteiger partial charge in [0, 0.05) is 12.0 Å². The SMILES string of the molecule is O=C(Cc1ccccc1)c1noc(-c2ccccc2)n1. The van der Waals surface area contributed by atoms with Gasteiger partial charge in [-0.15, -0.1) is 0 Å². The second-order valence-corrected chi connectivity index (χ2v) is 4.37. The molecule has 0 unspecified atom stereocenters. The summed E-state index contributed by atoms with van der Waals surface area (Å²) in [6, 6.07) is 18.9. The molecule has 0 spiro atoms. The number of ketones is 1. The van der Waals surface area contributed by atoms with E-state index >= 15 is 0 Å². The summed E-state index contributed by atoms with van der Waals surface area (Å²) in [4.78, 5) is 16.2. The molecule has 0 aliphatic carbocycles. The highest BCUT2D eigenvalue weighted by Gasteiger charge is 2.15. The Morgan fingerprint density at radius 1 is 0.950 bits per heavy atom. The van der Waals surface area contributed by atoms with Crippen LogP contribution >= 0.6 is 0 Å². The van der Waals surface area contributed by atoms with Gasteiger partial charge < -0.3 is 4.52 Å². The molecule has 0 aliphatic rings. The van der Waals surface area contributed by atoms with E-state index in [1.807, 2.05) is 60.7 Å². The quantitative estimate of drug-likeness (QED) is 0.679. The first kappa shape index (κ1) is 12.3. The first-order valence-electron chi connectivity index (χ1n) is 6.29. The normalized spacial score (nSPS) is 10.4. The van der Waals surface area contributed by atoms with Crippen molar-refractivity contribution in [3.8, 4) is 11.5 Å². The number of aromatic nitrogens is 2. The van der Waals surface area contributed by atoms with Gasteiger partial charge in [-0.2, -0.15) is 4.98 Å². The zero-order valence-corrected chi connectivity index (χ0v) is 10.7. The molecule has 0 saturated carbocycles. The van der Waals surface area contributed by atoms with Crippen molar-refractivity contribution in [1.82, 2.24) is 10.1 Å². The van der Waals surface area contributed by atoms with E-state index in [1.54, 1.807) is 0 Å². The van der Waals surface area contributed by atoms with Crippen molar-refractivity contribution in [1.29, 1.82) is 0 Å². The third-order valence-electron chi connectivity index (χ3n) is 2.90. The summed E-state index contributed by atoms with van der Waals surface area (Å²) in [5.74, 6) is 0.330. The lowest BCUT2D eigenvalue weighted by Gasteiger charge is -1.96. The van der Waals surface area contributed by atoms with Crippen LogP contribution in [0.3, 0.4) is 0 Å². The van der Waals surface area contributed by atoms with Crippen LogP contribution in [0.2, 0.25) is 0 Å². The van der Waals surface area contributed by atoms with Crippen LogP contribution in [0.1, 0.15) is 16.2 Å². The summed E-state index contributed by atoms with van der Waals surface area (Å²) in [6.45, 7) is 0. The van der Waals surface area contributed by atoms with Crippen LogP contribution in [-0.2, 0) is 6.42 Å². The van der Waals surface area contributed by atoms with Gasteiger partial charge in [0.25, 0.3) is 5.89 Å². The zero-order chi connectivity index (χ0) is 13.8. The second kappa shape index (κ2) is 5.48. The Labute approximate surface area is 116 Å². The molecule has 0 N–H and O–H groups in total. The van der Waals surface area contributed by atoms with Crippen molar-refractivity contribution >= 4 is 5.78 Å². The minimum absolute atomic E-state index is 0.118. The number of hydrogen-bond acceptors (Lipinski definition) is 4. The van der Waals surface area contributed by atoms with Gasteiger partial charge >= 0.3 is 0 Å². The fraction of sp³-hybridized carbons (Fsp3) is 0.0625. The van der Waals surface area contributed by atoms with Gasteiger partial charge in [-0.3, -0.25) is 4.79 Å². The van der Waals surface area contributed by atoms with E-state index in [9.17, 15) is 4.79 Å². The van der Waals surface area contributed by atoms with Crippen molar-refractivity contribution < 1.29 is 9.32 Å². The number of rotatable bonds is 4. The van der Waals surface area contributed by atoms with E-state index in [2.05, 4.69) is 10.1 Å². The molecule has 0 saturated heterocycles. The van der Waals surface area contributed by atoms with E-state index in [4.69, 9.17) is 4.52 Å². The Balaban J connectivity index is 1.79. The summed E-state index contributed by atoms with van der Waals surface area (Å²) in [5, 5.41) is 3.75. The van der Waals surface area contributed by atoms with Crippen molar-refractivity contribution in [3.63, 3.8) is 0 Å². The van der Waals surface area contributed by atoms with Crippen LogP contribution in [-0.4, -0.2) is 15.9 Å². The van der Waals surface area contributed by atoms with Crippen LogP contribution in [0.25, 0.3) is 11.5 Å². The fourth-order valence-electron chi connectivity index (χ4n) is 1.90. The molecule has 98 valence electrons. The van der Waals surface area contributed by atoms with E-state index < -0.39 is 0 Å². The van der Waals surface area contributed by atoms with Crippen LogP contribution in [0.15, 0.2) is 65.2 Å². The minimum atomic E-state index is -0.151. The summed E-state index contributed by atoms with van der Waals surface area (Å²) in [5.41, 5.74) is 1.74. The predicted octanol–water partition coefficient (Wildman–Crippen LogP) is 3.16. The number of benzene rings is 2. The zero-order valence-electron chi connectivity index (χ0n) is 10.7. The molecule has 0 aliphatic heterocycles. The summed E-state index contributed by atoms with van der Waals surface area (Å²) in [7, 11) is 0. The molecule has 4 nitrogen and oxygen atoms in total. The van der Waals surface area contributed by atoms with Gasteiger partial charge in [0.1, 0.15) is 0 Å². The highest BCUT2D eigenvalue weighted by Crippen LogP contribution is 2.16. The molecule has 3 rings (SSSR count). The smallest absolute Gasteiger partial charge is 0.258 e. The van der Waals surface area contributed by atoms with Crippen LogP contribution in [0.4, 0.5) is 0 Å². The molecule has 3 aromatic rings. The minimum Gasteiger partial charge on any atom is -0.334 e. The Bertz CT molecular complexity index is 706. The second-order valence-electron chi connectivity index (χ2n) is 4.37. The maximum atomic E-state index is 12.1. The average Bonchev–Trinajstić information content (AvgIpc) is 2.99. The average molecular weight is 264 g/mol. The maximum absolute atomic E-state index is 12.1. The van der Waals surface area contributed by atoms with Crippen molar-refractivity contribution in [3.05, 3.63) is 72.1 Å². The van der Waals surface area contributed by atoms with Crippen molar-refractivity contribution in [2.24, 2.45) is 0 Å². The van der Waals surface area contributed by atoms with E-state index in [-0.39, 0.29) is 18.0 Å². The highest BCUT2D eigenvalue weighted by molar-refractivity contribution is 5.94. The molecule has 0 fully saturated rings. The number of Topliss-reactive ketones (excluding diaryl/α,β-unsaturated/α-hetero) is 1. The van der Waals surface area contributed by atoms with Crippen LogP contribution in [0, 0.1) is 0 Å². The van der Waals surface area contributed by atoms with Crippen molar-refractivity contribution in [2.75, 3.05) is 0 Å². The van der Waals surface area contributed by atoms with Gasteiger partial charge in [-0.05, 0) is 17.7 Å². The third-order valence-corrected chi connectivity index (χ3v) is 2.90. The van der Waals surface area contributed by atoms with E-state index in [0.29, 0.717) is 5.89 Å². The number of carbonyl (C=O) groups excluding carboxylic acids is 1. The Kier molecular flexibility index (Phi) is 3.37. The Hall–Kier alpha value is -2.75. The molecule has 20 heavy (non-hydrogen) atoms. The van der Waals surface area contributed by atoms with Gasteiger partial charge in [0.15, 0.2) is 0 Å². The lowest BCUT2D eigenvalue weighted by atomic mass is 10.1. The lowest BCUT2D eigenvalue weighted by Crippen LogP contribution is -2.05. The van der Waals surface area contributed by atoms with Gasteiger partial charge in [-0.25, -0.2) is 0 Å². The monoisotopic (exact) mass is 264 g/mol. The Morgan fingerprint density at radius 2 is 1.60 bits per heavy atom. The number of nitrogens with zero attached hydrogens (tertiary/aromatic N) is 2. The van der Waals surface area contributed by atoms with Gasteiger partial charge in [0.2, 0.25) is 11.6 Å². The third kappa shape index (κ3) is 2.64. The van der Waals surface area contributed by atoms with Crippen LogP contribution < -0.4 is 0 Å². The molecule has 2 aromatic carbocycles. The van der Waals surface area contributed by atoms with Crippen molar-refractivity contribution in [2.45, 2.75) is 6.42 Å². The first-order chi connectivity index (χ1) is 9.83. The topological polar surface area (TPSA) is 56.0 Å². The highest BCUT2D eigenvalue weighted by atomic mass is 16.5. The first-order valence-corrected chi connectivity index (χ1v) is 6.29. The summed E-state index contributed by atoms with van der Waals surface area (Å²) >= 11 is 0. The lowest BCUT2D eigenvalue weighted by molar-refractivity contribution is 0.0980. The molecular formula is C16H12N2O2. The molecule has 4 heteroatoms. The van der Waals surface area contributed by atoms with Gasteiger partial charge in [-0.1, -0.05) is 53.7 Å². The number of hydrogen-bond donors (Lipinski definition) is 0. The maximum Gasteiger partial charge on any atom is 0.258 e. The van der Waals surface area contributed by atoms with E-state index in [0.717, 1.165) is 11.1 Å².